The van der Waals surface area contributed by atoms with Crippen LogP contribution in [0.25, 0.3) is 0 Å². The Bertz CT molecular complexity index is 2510. The number of carbonyl (C=O) groups excluding carboxylic acids is 5. The second-order valence-electron chi connectivity index (χ2n) is 31.1. The topological polar surface area (TPSA) is 443 Å². The summed E-state index contributed by atoms with van der Waals surface area (Å²) in [4.78, 5) is 97.2. The lowest BCUT2D eigenvalue weighted by Gasteiger charge is -2.28. The molecule has 37 heteroatoms. The summed E-state index contributed by atoms with van der Waals surface area (Å²) in [5.74, 6) is -5.08. The lowest BCUT2D eigenvalue weighted by molar-refractivity contribution is -0.145. The van der Waals surface area contributed by atoms with Crippen LogP contribution in [0.15, 0.2) is 0 Å². The molecule has 0 spiro atoms. The Morgan fingerprint density at radius 1 is 0.256 bits per heavy atom. The average molecular weight is 1860 g/mol. The van der Waals surface area contributed by atoms with Gasteiger partial charge in [-0.2, -0.15) is 0 Å². The highest BCUT2D eigenvalue weighted by Gasteiger charge is 2.31. The summed E-state index contributed by atoms with van der Waals surface area (Å²) in [6.45, 7) is 23.3. The highest BCUT2D eigenvalue weighted by atomic mass is 16.6. The number of carboxylic acid groups (broad SMARTS) is 3. The van der Waals surface area contributed by atoms with Gasteiger partial charge in [0.05, 0.1) is 322 Å². The van der Waals surface area contributed by atoms with Crippen molar-refractivity contribution in [3.63, 3.8) is 0 Å². The molecule has 0 heterocycles. The molecule has 2 atom stereocenters. The zero-order chi connectivity index (χ0) is 93.2. The largest absolute Gasteiger partial charge is 0.481 e. The fourth-order valence-corrected chi connectivity index (χ4v) is 12.8. The Morgan fingerprint density at radius 2 is 0.504 bits per heavy atom. The van der Waals surface area contributed by atoms with E-state index in [0.29, 0.717) is 343 Å². The van der Waals surface area contributed by atoms with E-state index in [-0.39, 0.29) is 93.3 Å². The molecule has 37 nitrogen and oxygen atoms in total. The number of unbranched alkanes of at least 4 members (excludes halogenated alkanes) is 15. The smallest absolute Gasteiger partial charge is 0.306 e. The Morgan fingerprint density at radius 3 is 0.760 bits per heavy atom. The van der Waals surface area contributed by atoms with Crippen LogP contribution < -0.4 is 10.6 Å². The van der Waals surface area contributed by atoms with Crippen LogP contribution in [0.2, 0.25) is 0 Å². The second-order valence-corrected chi connectivity index (χ2v) is 31.1. The van der Waals surface area contributed by atoms with Gasteiger partial charge in [0.15, 0.2) is 5.78 Å². The van der Waals surface area contributed by atoms with Gasteiger partial charge in [0.25, 0.3) is 0 Å². The number of hydrogen-bond acceptors (Lipinski definition) is 32. The number of carbonyl (C=O) groups is 8. The van der Waals surface area contributed by atoms with Crippen molar-refractivity contribution < 1.29 is 167 Å². The first kappa shape index (κ1) is 122. The Hall–Kier alpha value is -4.60. The highest BCUT2D eigenvalue weighted by Crippen LogP contribution is 2.31. The van der Waals surface area contributed by atoms with E-state index in [9.17, 15) is 48.6 Å². The molecule has 5 N–H and O–H groups in total. The second kappa shape index (κ2) is 99.4. The number of aliphatic carboxylic acids is 3. The molecule has 1 aliphatic rings. The van der Waals surface area contributed by atoms with E-state index in [4.69, 9.17) is 119 Å². The number of carboxylic acids is 3. The van der Waals surface area contributed by atoms with Crippen molar-refractivity contribution in [2.75, 3.05) is 324 Å². The van der Waals surface area contributed by atoms with E-state index in [1.54, 1.807) is 6.92 Å². The summed E-state index contributed by atoms with van der Waals surface area (Å²) in [5, 5.41) is 33.7. The zero-order valence-corrected chi connectivity index (χ0v) is 78.6. The lowest BCUT2D eigenvalue weighted by Crippen LogP contribution is -2.41. The third kappa shape index (κ3) is 93.6. The van der Waals surface area contributed by atoms with Gasteiger partial charge in [-0.15, -0.1) is 0 Å². The van der Waals surface area contributed by atoms with Gasteiger partial charge in [0, 0.05) is 64.0 Å². The molecule has 2 amide bonds. The predicted octanol–water partition coefficient (Wildman–Crippen LogP) is 8.53. The molecule has 0 saturated heterocycles. The molecule has 0 radical (unpaired) electrons. The Labute approximate surface area is 768 Å². The van der Waals surface area contributed by atoms with Gasteiger partial charge in [-0.1, -0.05) is 89.9 Å². The minimum Gasteiger partial charge on any atom is -0.481 e. The van der Waals surface area contributed by atoms with E-state index in [2.05, 4.69) is 10.6 Å². The molecule has 0 bridgehead atoms. The normalized spacial score (nSPS) is 13.9. The Balaban J connectivity index is 1.81. The average Bonchev–Trinajstić information content (AvgIpc) is 0.865. The number of ketones is 3. The van der Waals surface area contributed by atoms with Gasteiger partial charge in [0.1, 0.15) is 11.6 Å². The SMILES string of the molecule is CC(=O)CCOCCOCCOCCOCCOCCOCCOCCOCCOCCOCCOCCOCCOCCOCCOCCOCCOCCOCCOCCOCCOCCOCCOCCOCCCC(=O)[C@H](CCC(=O)O)NC(=O)CC[C@H](CC(=O)C1CCC(CNC(=O)CCCCCCCCCCCCCCCCCCC(=O)O)CC1)C(=O)O. The first-order chi connectivity index (χ1) is 63.3. The quantitative estimate of drug-likeness (QED) is 0.0356. The van der Waals surface area contributed by atoms with Crippen molar-refractivity contribution in [2.45, 2.75) is 206 Å². The van der Waals surface area contributed by atoms with Crippen LogP contribution in [0.1, 0.15) is 200 Å². The van der Waals surface area contributed by atoms with Crippen LogP contribution >= 0.6 is 0 Å². The number of rotatable bonds is 109. The van der Waals surface area contributed by atoms with Gasteiger partial charge < -0.3 is 140 Å². The number of Topliss-reactive ketones (excluding diaryl/α,β-unsaturated/α-hetero) is 3. The van der Waals surface area contributed by atoms with Crippen LogP contribution in [0.4, 0.5) is 0 Å². The van der Waals surface area contributed by atoms with Crippen molar-refractivity contribution in [1.82, 2.24) is 10.6 Å². The summed E-state index contributed by atoms with van der Waals surface area (Å²) in [5.41, 5.74) is 0. The van der Waals surface area contributed by atoms with E-state index >= 15 is 0 Å². The van der Waals surface area contributed by atoms with Crippen LogP contribution in [0, 0.1) is 17.8 Å². The number of nitrogens with one attached hydrogen (secondary N) is 2. The van der Waals surface area contributed by atoms with Crippen molar-refractivity contribution in [3.05, 3.63) is 0 Å². The van der Waals surface area contributed by atoms with Gasteiger partial charge in [0.2, 0.25) is 11.8 Å². The molecule has 0 aliphatic heterocycles. The van der Waals surface area contributed by atoms with E-state index in [1.165, 1.54) is 64.2 Å². The van der Waals surface area contributed by atoms with Crippen molar-refractivity contribution in [3.8, 4) is 0 Å². The molecule has 758 valence electrons. The van der Waals surface area contributed by atoms with E-state index in [0.717, 1.165) is 51.4 Å². The van der Waals surface area contributed by atoms with Crippen LogP contribution in [-0.4, -0.2) is 392 Å². The third-order valence-corrected chi connectivity index (χ3v) is 20.2. The summed E-state index contributed by atoms with van der Waals surface area (Å²) in [7, 11) is 0. The summed E-state index contributed by atoms with van der Waals surface area (Å²) in [6, 6.07) is -1.07. The van der Waals surface area contributed by atoms with Gasteiger partial charge in [-0.25, -0.2) is 0 Å². The van der Waals surface area contributed by atoms with Gasteiger partial charge in [-0.3, -0.25) is 38.4 Å². The maximum Gasteiger partial charge on any atom is 0.306 e. The molecular formula is C92H170N2O35. The summed E-state index contributed by atoms with van der Waals surface area (Å²) in [6.07, 6.45) is 21.7. The number of amides is 2. The molecule has 129 heavy (non-hydrogen) atoms. The van der Waals surface area contributed by atoms with Crippen molar-refractivity contribution in [2.24, 2.45) is 17.8 Å². The minimum atomic E-state index is -1.19. The molecule has 0 aromatic carbocycles. The third-order valence-electron chi connectivity index (χ3n) is 20.2. The predicted molar refractivity (Wildman–Crippen MR) is 477 cm³/mol. The monoisotopic (exact) mass is 1860 g/mol. The standard InChI is InChI=1S/C92H170N2O35/c1-81(95)30-32-107-34-36-109-38-40-111-42-44-113-46-48-115-50-52-117-54-56-119-58-60-121-62-64-123-66-68-125-70-72-127-74-76-129-78-77-128-75-73-126-71-69-124-67-65-122-63-61-120-59-57-118-55-53-116-51-49-114-47-45-112-43-41-110-39-37-108-35-33-106-31-18-19-86(96)85(27-29-91(102)103)94-89(99)28-26-84(92(104)105)79-87(97)83-24-22-82(23-25-83)80-93-88(98)20-16-14-12-10-8-6-4-2-3-5-7-9-11-13-15-17-21-90(100)101/h82-85H,2-80H2,1H3,(H,93,98)(H,94,99)(H,100,101)(H,102,103)(H,104,105)/t82?,83?,84-,85+/m1/s1. The van der Waals surface area contributed by atoms with Crippen LogP contribution in [0.5, 0.6) is 0 Å². The van der Waals surface area contributed by atoms with Crippen LogP contribution in [0.3, 0.4) is 0 Å². The van der Waals surface area contributed by atoms with E-state index in [1.807, 2.05) is 0 Å². The first-order valence-corrected chi connectivity index (χ1v) is 47.9. The summed E-state index contributed by atoms with van der Waals surface area (Å²) < 4.78 is 132. The maximum absolute atomic E-state index is 13.3. The lowest BCUT2D eigenvalue weighted by atomic mass is 9.78. The molecule has 1 rings (SSSR count). The molecule has 1 fully saturated rings. The molecular weight excluding hydrogens is 1690 g/mol. The Kier molecular flexibility index (Phi) is 94.3. The minimum absolute atomic E-state index is 0.0263. The number of ether oxygens (including phenoxy) is 24. The fourth-order valence-electron chi connectivity index (χ4n) is 12.8. The maximum atomic E-state index is 13.3. The fraction of sp³-hybridized carbons (Fsp3) is 0.913. The molecule has 0 unspecified atom stereocenters. The molecule has 1 saturated carbocycles. The highest BCUT2D eigenvalue weighted by molar-refractivity contribution is 5.90. The number of hydrogen-bond donors (Lipinski definition) is 5. The van der Waals surface area contributed by atoms with Crippen molar-refractivity contribution in [1.29, 1.82) is 0 Å². The van der Waals surface area contributed by atoms with Gasteiger partial charge in [-0.05, 0) is 70.6 Å². The molecule has 0 aromatic rings. The summed E-state index contributed by atoms with van der Waals surface area (Å²) >= 11 is 0. The molecule has 1 aliphatic carbocycles. The zero-order valence-electron chi connectivity index (χ0n) is 78.6. The van der Waals surface area contributed by atoms with Gasteiger partial charge >= 0.3 is 17.9 Å². The van der Waals surface area contributed by atoms with E-state index < -0.39 is 35.8 Å². The van der Waals surface area contributed by atoms with Crippen LogP contribution in [-0.2, 0) is 152 Å². The first-order valence-electron chi connectivity index (χ1n) is 47.9. The van der Waals surface area contributed by atoms with Crippen molar-refractivity contribution >= 4 is 47.1 Å². The molecule has 0 aromatic heterocycles.